The Balaban J connectivity index is 1.62. The Morgan fingerprint density at radius 3 is 3.11 bits per heavy atom. The van der Waals surface area contributed by atoms with E-state index in [1.807, 2.05) is 11.3 Å². The molecule has 2 nitrogen and oxygen atoms in total. The van der Waals surface area contributed by atoms with Gasteiger partial charge < -0.3 is 4.90 Å². The molecule has 1 fully saturated rings. The van der Waals surface area contributed by atoms with Crippen LogP contribution in [0.15, 0.2) is 24.3 Å². The highest BCUT2D eigenvalue weighted by molar-refractivity contribution is 7.12. The molecule has 98 valence electrons. The first-order valence-electron chi connectivity index (χ1n) is 7.08. The number of aromatic nitrogens is 1. The first kappa shape index (κ1) is 11.6. The van der Waals surface area contributed by atoms with Gasteiger partial charge in [0, 0.05) is 29.3 Å². The highest BCUT2D eigenvalue weighted by atomic mass is 32.1. The monoisotopic (exact) mass is 270 g/mol. The third-order valence-electron chi connectivity index (χ3n) is 4.45. The summed E-state index contributed by atoms with van der Waals surface area (Å²) >= 11 is 1.93. The fourth-order valence-corrected chi connectivity index (χ4v) is 4.51. The first-order chi connectivity index (χ1) is 9.31. The summed E-state index contributed by atoms with van der Waals surface area (Å²) in [6, 6.07) is 9.41. The summed E-state index contributed by atoms with van der Waals surface area (Å²) in [6.45, 7) is 1.25. The van der Waals surface area contributed by atoms with Gasteiger partial charge in [0.25, 0.3) is 0 Å². The molecule has 0 spiro atoms. The number of likely N-dealkylation sites (N-methyl/N-ethyl adjacent to an activating group) is 1. The average Bonchev–Trinajstić information content (AvgIpc) is 3.05. The summed E-state index contributed by atoms with van der Waals surface area (Å²) in [6.07, 6.45) is 4.90. The van der Waals surface area contributed by atoms with Gasteiger partial charge in [-0.05, 0) is 32.0 Å². The maximum Gasteiger partial charge on any atom is 0.0951 e. The number of thiazole rings is 1. The molecule has 1 atom stereocenters. The maximum absolute atomic E-state index is 4.92. The SMILES string of the molecule is CN1CCCC1Cc1nc2c(s1)Cc1ccccc1-2. The minimum Gasteiger partial charge on any atom is -0.303 e. The van der Waals surface area contributed by atoms with Gasteiger partial charge in [0.15, 0.2) is 0 Å². The van der Waals surface area contributed by atoms with E-state index in [1.54, 1.807) is 0 Å². The molecule has 0 radical (unpaired) electrons. The highest BCUT2D eigenvalue weighted by Crippen LogP contribution is 2.39. The van der Waals surface area contributed by atoms with E-state index >= 15 is 0 Å². The molecule has 2 heterocycles. The predicted molar refractivity (Wildman–Crippen MR) is 79.7 cm³/mol. The van der Waals surface area contributed by atoms with Crippen LogP contribution in [0.5, 0.6) is 0 Å². The molecule has 2 aliphatic rings. The minimum atomic E-state index is 0.710. The van der Waals surface area contributed by atoms with Crippen molar-refractivity contribution >= 4 is 11.3 Å². The summed E-state index contributed by atoms with van der Waals surface area (Å²) in [5, 5.41) is 1.33. The maximum atomic E-state index is 4.92. The molecule has 0 N–H and O–H groups in total. The number of fused-ring (bicyclic) bond motifs is 3. The molecule has 1 aromatic carbocycles. The molecule has 1 aliphatic heterocycles. The van der Waals surface area contributed by atoms with Crippen molar-refractivity contribution in [1.82, 2.24) is 9.88 Å². The van der Waals surface area contributed by atoms with Crippen LogP contribution in [0.3, 0.4) is 0 Å². The number of rotatable bonds is 2. The molecule has 19 heavy (non-hydrogen) atoms. The average molecular weight is 270 g/mol. The molecule has 3 heteroatoms. The molecule has 1 aromatic heterocycles. The van der Waals surface area contributed by atoms with Crippen molar-refractivity contribution in [2.45, 2.75) is 31.7 Å². The third-order valence-corrected chi connectivity index (χ3v) is 5.52. The van der Waals surface area contributed by atoms with E-state index in [2.05, 4.69) is 36.2 Å². The van der Waals surface area contributed by atoms with Crippen LogP contribution in [0, 0.1) is 0 Å². The van der Waals surface area contributed by atoms with Crippen molar-refractivity contribution in [3.05, 3.63) is 39.7 Å². The molecule has 0 saturated carbocycles. The van der Waals surface area contributed by atoms with E-state index in [4.69, 9.17) is 4.98 Å². The van der Waals surface area contributed by atoms with Crippen LogP contribution in [-0.4, -0.2) is 29.5 Å². The Labute approximate surface area is 118 Å². The second-order valence-electron chi connectivity index (χ2n) is 5.69. The van der Waals surface area contributed by atoms with Crippen LogP contribution in [0.4, 0.5) is 0 Å². The molecular weight excluding hydrogens is 252 g/mol. The van der Waals surface area contributed by atoms with Crippen LogP contribution in [0.1, 0.15) is 28.3 Å². The standard InChI is InChI=1S/C16H18N2S/c1-18-8-4-6-12(18)10-15-17-16-13-7-3-2-5-11(13)9-14(16)19-15/h2-3,5,7,12H,4,6,8-10H2,1H3. The minimum absolute atomic E-state index is 0.710. The number of nitrogens with zero attached hydrogens (tertiary/aromatic N) is 2. The normalized spacial score (nSPS) is 21.6. The molecule has 1 saturated heterocycles. The highest BCUT2D eigenvalue weighted by Gasteiger charge is 2.26. The summed E-state index contributed by atoms with van der Waals surface area (Å²) in [5.74, 6) is 0. The van der Waals surface area contributed by atoms with E-state index in [0.29, 0.717) is 6.04 Å². The van der Waals surface area contributed by atoms with E-state index in [0.717, 1.165) is 12.8 Å². The van der Waals surface area contributed by atoms with Crippen LogP contribution < -0.4 is 0 Å². The van der Waals surface area contributed by atoms with Crippen LogP contribution in [0.2, 0.25) is 0 Å². The lowest BCUT2D eigenvalue weighted by atomic mass is 10.1. The van der Waals surface area contributed by atoms with Gasteiger partial charge in [-0.25, -0.2) is 4.98 Å². The largest absolute Gasteiger partial charge is 0.303 e. The van der Waals surface area contributed by atoms with Crippen molar-refractivity contribution in [3.63, 3.8) is 0 Å². The van der Waals surface area contributed by atoms with E-state index in [1.165, 1.54) is 46.1 Å². The quantitative estimate of drug-likeness (QED) is 0.710. The molecule has 2 aromatic rings. The third kappa shape index (κ3) is 1.92. The van der Waals surface area contributed by atoms with Gasteiger partial charge in [0.1, 0.15) is 0 Å². The second-order valence-corrected chi connectivity index (χ2v) is 6.86. The van der Waals surface area contributed by atoms with Crippen LogP contribution in [-0.2, 0) is 12.8 Å². The lowest BCUT2D eigenvalue weighted by Crippen LogP contribution is -2.26. The summed E-state index contributed by atoms with van der Waals surface area (Å²) in [4.78, 5) is 8.88. The molecule has 1 unspecified atom stereocenters. The van der Waals surface area contributed by atoms with Gasteiger partial charge in [-0.2, -0.15) is 0 Å². The zero-order valence-electron chi connectivity index (χ0n) is 11.2. The zero-order chi connectivity index (χ0) is 12.8. The van der Waals surface area contributed by atoms with Crippen LogP contribution >= 0.6 is 11.3 Å². The van der Waals surface area contributed by atoms with Crippen molar-refractivity contribution in [3.8, 4) is 11.3 Å². The van der Waals surface area contributed by atoms with E-state index in [-0.39, 0.29) is 0 Å². The van der Waals surface area contributed by atoms with Crippen molar-refractivity contribution in [2.24, 2.45) is 0 Å². The first-order valence-corrected chi connectivity index (χ1v) is 7.90. The molecule has 1 aliphatic carbocycles. The van der Waals surface area contributed by atoms with Gasteiger partial charge in [-0.15, -0.1) is 11.3 Å². The van der Waals surface area contributed by atoms with E-state index < -0.39 is 0 Å². The van der Waals surface area contributed by atoms with Gasteiger partial charge in [0.05, 0.1) is 10.7 Å². The second kappa shape index (κ2) is 4.43. The van der Waals surface area contributed by atoms with Crippen molar-refractivity contribution in [2.75, 3.05) is 13.6 Å². The summed E-state index contributed by atoms with van der Waals surface area (Å²) < 4.78 is 0. The van der Waals surface area contributed by atoms with Crippen molar-refractivity contribution in [1.29, 1.82) is 0 Å². The number of hydrogen-bond donors (Lipinski definition) is 0. The Hall–Kier alpha value is -1.19. The van der Waals surface area contributed by atoms with Crippen LogP contribution in [0.25, 0.3) is 11.3 Å². The van der Waals surface area contributed by atoms with E-state index in [9.17, 15) is 0 Å². The molecule has 0 amide bonds. The topological polar surface area (TPSA) is 16.1 Å². The van der Waals surface area contributed by atoms with Gasteiger partial charge in [0.2, 0.25) is 0 Å². The molecule has 0 bridgehead atoms. The summed E-state index contributed by atoms with van der Waals surface area (Å²) in [7, 11) is 2.24. The molecular formula is C16H18N2S. The number of likely N-dealkylation sites (tertiary alicyclic amines) is 1. The predicted octanol–water partition coefficient (Wildman–Crippen LogP) is 3.35. The Bertz CT molecular complexity index is 617. The Kier molecular flexibility index (Phi) is 2.71. The number of hydrogen-bond acceptors (Lipinski definition) is 3. The Morgan fingerprint density at radius 1 is 1.37 bits per heavy atom. The number of benzene rings is 1. The zero-order valence-corrected chi connectivity index (χ0v) is 12.0. The van der Waals surface area contributed by atoms with Gasteiger partial charge in [-0.1, -0.05) is 24.3 Å². The Morgan fingerprint density at radius 2 is 2.26 bits per heavy atom. The fourth-order valence-electron chi connectivity index (χ4n) is 3.34. The fraction of sp³-hybridized carbons (Fsp3) is 0.438. The van der Waals surface area contributed by atoms with Gasteiger partial charge in [-0.3, -0.25) is 0 Å². The van der Waals surface area contributed by atoms with Crippen molar-refractivity contribution < 1.29 is 0 Å². The van der Waals surface area contributed by atoms with Gasteiger partial charge >= 0.3 is 0 Å². The lowest BCUT2D eigenvalue weighted by molar-refractivity contribution is 0.309. The smallest absolute Gasteiger partial charge is 0.0951 e. The molecule has 4 rings (SSSR count). The lowest BCUT2D eigenvalue weighted by Gasteiger charge is -2.17. The summed E-state index contributed by atoms with van der Waals surface area (Å²) in [5.41, 5.74) is 4.07.